The van der Waals surface area contributed by atoms with Crippen molar-refractivity contribution >= 4 is 11.8 Å². The summed E-state index contributed by atoms with van der Waals surface area (Å²) in [5.41, 5.74) is 1.44. The summed E-state index contributed by atoms with van der Waals surface area (Å²) < 4.78 is 1.74. The Morgan fingerprint density at radius 3 is 2.81 bits per heavy atom. The van der Waals surface area contributed by atoms with Crippen molar-refractivity contribution in [3.8, 4) is 5.82 Å². The van der Waals surface area contributed by atoms with Crippen LogP contribution in [-0.2, 0) is 4.79 Å². The second kappa shape index (κ2) is 8.33. The van der Waals surface area contributed by atoms with Crippen LogP contribution in [0.25, 0.3) is 5.82 Å². The fourth-order valence-corrected chi connectivity index (χ4v) is 3.60. The molecule has 0 aliphatic carbocycles. The lowest BCUT2D eigenvalue weighted by atomic mass is 9.96. The Morgan fingerprint density at radius 2 is 2.15 bits per heavy atom. The number of rotatable bonds is 5. The summed E-state index contributed by atoms with van der Waals surface area (Å²) in [6.07, 6.45) is 4.99. The van der Waals surface area contributed by atoms with Crippen LogP contribution in [0.3, 0.4) is 0 Å². The van der Waals surface area contributed by atoms with E-state index in [0.29, 0.717) is 31.0 Å². The van der Waals surface area contributed by atoms with Crippen LogP contribution in [0.15, 0.2) is 30.6 Å². The van der Waals surface area contributed by atoms with Gasteiger partial charge in [0, 0.05) is 25.8 Å². The van der Waals surface area contributed by atoms with Crippen LogP contribution in [0.2, 0.25) is 0 Å². The van der Waals surface area contributed by atoms with Gasteiger partial charge in [0.05, 0.1) is 23.4 Å². The summed E-state index contributed by atoms with van der Waals surface area (Å²) in [7, 11) is 0. The summed E-state index contributed by atoms with van der Waals surface area (Å²) >= 11 is 0. The molecule has 0 saturated carbocycles. The third-order valence-electron chi connectivity index (χ3n) is 4.88. The molecule has 27 heavy (non-hydrogen) atoms. The van der Waals surface area contributed by atoms with Gasteiger partial charge in [-0.1, -0.05) is 19.9 Å². The van der Waals surface area contributed by atoms with Crippen LogP contribution in [0, 0.1) is 5.92 Å². The molecule has 2 amide bonds. The first-order valence-electron chi connectivity index (χ1n) is 9.59. The Morgan fingerprint density at radius 1 is 1.33 bits per heavy atom. The lowest BCUT2D eigenvalue weighted by Gasteiger charge is -2.32. The van der Waals surface area contributed by atoms with E-state index < -0.39 is 0 Å². The first-order valence-corrected chi connectivity index (χ1v) is 9.59. The number of pyridine rings is 1. The van der Waals surface area contributed by atoms with Crippen LogP contribution in [0.5, 0.6) is 0 Å². The van der Waals surface area contributed by atoms with Crippen LogP contribution in [0.4, 0.5) is 0 Å². The number of amides is 2. The summed E-state index contributed by atoms with van der Waals surface area (Å²) in [4.78, 5) is 31.6. The number of nitrogens with zero attached hydrogens (tertiary/aromatic N) is 4. The molecule has 0 spiro atoms. The molecule has 3 heterocycles. The fourth-order valence-electron chi connectivity index (χ4n) is 3.60. The summed E-state index contributed by atoms with van der Waals surface area (Å²) in [5, 5.41) is 7.30. The van der Waals surface area contributed by atoms with Crippen molar-refractivity contribution in [1.82, 2.24) is 25.0 Å². The summed E-state index contributed by atoms with van der Waals surface area (Å²) in [6, 6.07) is 5.62. The average Bonchev–Trinajstić information content (AvgIpc) is 3.14. The van der Waals surface area contributed by atoms with E-state index in [0.717, 1.165) is 18.5 Å². The minimum atomic E-state index is -0.143. The maximum Gasteiger partial charge on any atom is 0.257 e. The first kappa shape index (κ1) is 19.1. The smallest absolute Gasteiger partial charge is 0.257 e. The minimum absolute atomic E-state index is 0.0308. The number of hydrogen-bond acceptors (Lipinski definition) is 4. The Kier molecular flexibility index (Phi) is 5.88. The Bertz CT molecular complexity index is 800. The van der Waals surface area contributed by atoms with E-state index in [4.69, 9.17) is 0 Å². The number of aromatic nitrogens is 3. The highest BCUT2D eigenvalue weighted by molar-refractivity contribution is 5.96. The molecule has 1 unspecified atom stereocenters. The monoisotopic (exact) mass is 369 g/mol. The second-order valence-corrected chi connectivity index (χ2v) is 7.18. The lowest BCUT2D eigenvalue weighted by Crippen LogP contribution is -2.45. The highest BCUT2D eigenvalue weighted by Crippen LogP contribution is 2.25. The van der Waals surface area contributed by atoms with Gasteiger partial charge in [-0.05, 0) is 37.8 Å². The van der Waals surface area contributed by atoms with E-state index in [1.54, 1.807) is 22.0 Å². The standard InChI is InChI=1S/C20H27N5O2/c1-4-21-19(26)15-8-7-11-24(13-15)20(27)16-12-23-25(18(16)14(2)3)17-9-5-6-10-22-17/h5-6,9-10,12,14-15H,4,7-8,11,13H2,1-3H3,(H,21,26). The van der Waals surface area contributed by atoms with E-state index in [2.05, 4.69) is 15.4 Å². The zero-order chi connectivity index (χ0) is 19.4. The molecule has 2 aromatic rings. The number of carbonyl (C=O) groups excluding carboxylic acids is 2. The van der Waals surface area contributed by atoms with Crippen molar-refractivity contribution < 1.29 is 9.59 Å². The predicted octanol–water partition coefficient (Wildman–Crippen LogP) is 2.38. The van der Waals surface area contributed by atoms with Gasteiger partial charge in [0.1, 0.15) is 0 Å². The molecule has 1 aliphatic heterocycles. The molecule has 0 aromatic carbocycles. The molecule has 1 aliphatic rings. The van der Waals surface area contributed by atoms with Crippen molar-refractivity contribution in [3.63, 3.8) is 0 Å². The van der Waals surface area contributed by atoms with E-state index in [1.807, 2.05) is 39.0 Å². The van der Waals surface area contributed by atoms with Crippen molar-refractivity contribution in [3.05, 3.63) is 41.9 Å². The van der Waals surface area contributed by atoms with Crippen LogP contribution < -0.4 is 5.32 Å². The Labute approximate surface area is 159 Å². The quantitative estimate of drug-likeness (QED) is 0.877. The molecule has 2 aromatic heterocycles. The first-order chi connectivity index (χ1) is 13.0. The molecule has 7 nitrogen and oxygen atoms in total. The molecule has 0 radical (unpaired) electrons. The molecular weight excluding hydrogens is 342 g/mol. The van der Waals surface area contributed by atoms with Crippen molar-refractivity contribution in [2.24, 2.45) is 5.92 Å². The van der Waals surface area contributed by atoms with Crippen LogP contribution >= 0.6 is 0 Å². The molecule has 0 bridgehead atoms. The van der Waals surface area contributed by atoms with Gasteiger partial charge in [0.15, 0.2) is 5.82 Å². The third kappa shape index (κ3) is 4.02. The minimum Gasteiger partial charge on any atom is -0.356 e. The molecule has 1 N–H and O–H groups in total. The second-order valence-electron chi connectivity index (χ2n) is 7.18. The van der Waals surface area contributed by atoms with Crippen molar-refractivity contribution in [1.29, 1.82) is 0 Å². The zero-order valence-corrected chi connectivity index (χ0v) is 16.2. The number of carbonyl (C=O) groups is 2. The number of nitrogens with one attached hydrogen (secondary N) is 1. The summed E-state index contributed by atoms with van der Waals surface area (Å²) in [5.74, 6) is 0.630. The Balaban J connectivity index is 1.86. The number of hydrogen-bond donors (Lipinski definition) is 1. The van der Waals surface area contributed by atoms with E-state index in [1.165, 1.54) is 0 Å². The van der Waals surface area contributed by atoms with E-state index in [-0.39, 0.29) is 23.7 Å². The lowest BCUT2D eigenvalue weighted by molar-refractivity contribution is -0.126. The van der Waals surface area contributed by atoms with Crippen LogP contribution in [-0.4, -0.2) is 51.1 Å². The van der Waals surface area contributed by atoms with Gasteiger partial charge in [-0.25, -0.2) is 9.67 Å². The highest BCUT2D eigenvalue weighted by Gasteiger charge is 2.31. The van der Waals surface area contributed by atoms with Gasteiger partial charge in [-0.2, -0.15) is 5.10 Å². The fraction of sp³-hybridized carbons (Fsp3) is 0.500. The average molecular weight is 369 g/mol. The van der Waals surface area contributed by atoms with Gasteiger partial charge in [-0.3, -0.25) is 9.59 Å². The van der Waals surface area contributed by atoms with Gasteiger partial charge in [0.2, 0.25) is 5.91 Å². The van der Waals surface area contributed by atoms with Gasteiger partial charge in [0.25, 0.3) is 5.91 Å². The molecule has 7 heteroatoms. The molecule has 1 saturated heterocycles. The molecular formula is C20H27N5O2. The topological polar surface area (TPSA) is 80.1 Å². The maximum absolute atomic E-state index is 13.2. The van der Waals surface area contributed by atoms with Gasteiger partial charge < -0.3 is 10.2 Å². The number of likely N-dealkylation sites (tertiary alicyclic amines) is 1. The van der Waals surface area contributed by atoms with Crippen LogP contribution in [0.1, 0.15) is 55.6 Å². The number of piperidine rings is 1. The van der Waals surface area contributed by atoms with E-state index in [9.17, 15) is 9.59 Å². The largest absolute Gasteiger partial charge is 0.356 e. The predicted molar refractivity (Wildman–Crippen MR) is 103 cm³/mol. The van der Waals surface area contributed by atoms with E-state index >= 15 is 0 Å². The molecule has 3 rings (SSSR count). The van der Waals surface area contributed by atoms with Crippen molar-refractivity contribution in [2.45, 2.75) is 39.5 Å². The molecule has 1 atom stereocenters. The van der Waals surface area contributed by atoms with Crippen molar-refractivity contribution in [2.75, 3.05) is 19.6 Å². The zero-order valence-electron chi connectivity index (χ0n) is 16.2. The molecule has 144 valence electrons. The van der Waals surface area contributed by atoms with Gasteiger partial charge >= 0.3 is 0 Å². The highest BCUT2D eigenvalue weighted by atomic mass is 16.2. The maximum atomic E-state index is 13.2. The molecule has 1 fully saturated rings. The third-order valence-corrected chi connectivity index (χ3v) is 4.88. The Hall–Kier alpha value is -2.70. The summed E-state index contributed by atoms with van der Waals surface area (Å²) in [6.45, 7) is 7.72. The van der Waals surface area contributed by atoms with Gasteiger partial charge in [-0.15, -0.1) is 0 Å². The normalized spacial score (nSPS) is 17.2. The SMILES string of the molecule is CCNC(=O)C1CCCN(C(=O)c2cnn(-c3ccccn3)c2C(C)C)C1.